The Balaban J connectivity index is 2.90. The monoisotopic (exact) mass is 242 g/mol. The van der Waals surface area contributed by atoms with Gasteiger partial charge in [-0.25, -0.2) is 9.97 Å². The van der Waals surface area contributed by atoms with Gasteiger partial charge in [-0.1, -0.05) is 11.6 Å². The molecule has 0 spiro atoms. The summed E-state index contributed by atoms with van der Waals surface area (Å²) in [6.07, 6.45) is 0. The lowest BCUT2D eigenvalue weighted by molar-refractivity contribution is -0.119. The van der Waals surface area contributed by atoms with E-state index in [1.165, 1.54) is 0 Å². The van der Waals surface area contributed by atoms with Crippen molar-refractivity contribution in [3.8, 4) is 0 Å². The lowest BCUT2D eigenvalue weighted by Crippen LogP contribution is -2.36. The van der Waals surface area contributed by atoms with Crippen molar-refractivity contribution in [1.82, 2.24) is 15.3 Å². The fourth-order valence-electron chi connectivity index (χ4n) is 1.29. The highest BCUT2D eigenvalue weighted by atomic mass is 35.5. The number of nitrogens with one attached hydrogen (secondary N) is 1. The summed E-state index contributed by atoms with van der Waals surface area (Å²) in [5, 5.41) is 2.96. The molecule has 0 atom stereocenters. The van der Waals surface area contributed by atoms with Crippen LogP contribution in [0.25, 0.3) is 0 Å². The summed E-state index contributed by atoms with van der Waals surface area (Å²) in [4.78, 5) is 21.3. The second kappa shape index (κ2) is 5.65. The van der Waals surface area contributed by atoms with Gasteiger partial charge in [-0.05, 0) is 13.8 Å². The molecule has 0 unspecified atom stereocenters. The van der Waals surface area contributed by atoms with Crippen molar-refractivity contribution in [3.63, 3.8) is 0 Å². The highest BCUT2D eigenvalue weighted by molar-refractivity contribution is 6.29. The molecule has 0 aliphatic rings. The minimum atomic E-state index is -0.0609. The van der Waals surface area contributed by atoms with Crippen LogP contribution in [0, 0.1) is 6.92 Å². The van der Waals surface area contributed by atoms with Crippen molar-refractivity contribution in [2.45, 2.75) is 13.8 Å². The van der Waals surface area contributed by atoms with Gasteiger partial charge in [0.2, 0.25) is 5.91 Å². The van der Waals surface area contributed by atoms with E-state index in [0.29, 0.717) is 23.3 Å². The van der Waals surface area contributed by atoms with Crippen LogP contribution in [-0.4, -0.2) is 36.0 Å². The largest absolute Gasteiger partial charge is 0.358 e. The zero-order chi connectivity index (χ0) is 12.1. The van der Waals surface area contributed by atoms with Crippen LogP contribution in [0.5, 0.6) is 0 Å². The smallest absolute Gasteiger partial charge is 0.239 e. The standard InChI is InChI=1S/C10H15ClN4O/c1-4-15(6-10(16)12-3)9-5-8(11)13-7(2)14-9/h5H,4,6H2,1-3H3,(H,12,16). The normalized spacial score (nSPS) is 10.0. The van der Waals surface area contributed by atoms with Crippen LogP contribution in [0.3, 0.4) is 0 Å². The zero-order valence-electron chi connectivity index (χ0n) is 9.62. The number of carbonyl (C=O) groups excluding carboxylic acids is 1. The average molecular weight is 243 g/mol. The Morgan fingerprint density at radius 2 is 2.25 bits per heavy atom. The molecule has 88 valence electrons. The maximum Gasteiger partial charge on any atom is 0.239 e. The first-order valence-electron chi connectivity index (χ1n) is 5.03. The predicted molar refractivity (Wildman–Crippen MR) is 63.7 cm³/mol. The van der Waals surface area contributed by atoms with Gasteiger partial charge in [0.15, 0.2) is 0 Å². The first-order chi connectivity index (χ1) is 7.56. The van der Waals surface area contributed by atoms with Gasteiger partial charge in [-0.15, -0.1) is 0 Å². The molecule has 0 aromatic carbocycles. The Bertz CT molecular complexity index is 363. The summed E-state index contributed by atoms with van der Waals surface area (Å²) < 4.78 is 0. The zero-order valence-corrected chi connectivity index (χ0v) is 10.4. The van der Waals surface area contributed by atoms with Crippen molar-refractivity contribution in [2.24, 2.45) is 0 Å². The van der Waals surface area contributed by atoms with Gasteiger partial charge in [0.25, 0.3) is 0 Å². The molecule has 1 aromatic heterocycles. The van der Waals surface area contributed by atoms with Crippen LogP contribution in [0.15, 0.2) is 6.07 Å². The molecule has 6 heteroatoms. The van der Waals surface area contributed by atoms with Crippen molar-refractivity contribution in [2.75, 3.05) is 25.0 Å². The molecular formula is C10H15ClN4O. The van der Waals surface area contributed by atoms with E-state index in [-0.39, 0.29) is 12.5 Å². The number of hydrogen-bond donors (Lipinski definition) is 1. The Labute approximate surface area is 99.8 Å². The quantitative estimate of drug-likeness (QED) is 0.801. The van der Waals surface area contributed by atoms with E-state index in [1.807, 2.05) is 11.8 Å². The van der Waals surface area contributed by atoms with Crippen LogP contribution in [0.1, 0.15) is 12.7 Å². The summed E-state index contributed by atoms with van der Waals surface area (Å²) >= 11 is 5.84. The first-order valence-corrected chi connectivity index (χ1v) is 5.41. The minimum absolute atomic E-state index is 0.0609. The number of likely N-dealkylation sites (N-methyl/N-ethyl adjacent to an activating group) is 2. The van der Waals surface area contributed by atoms with E-state index in [2.05, 4.69) is 15.3 Å². The van der Waals surface area contributed by atoms with Gasteiger partial charge < -0.3 is 10.2 Å². The molecule has 0 bridgehead atoms. The summed E-state index contributed by atoms with van der Waals surface area (Å²) in [5.74, 6) is 1.20. The van der Waals surface area contributed by atoms with Crippen LogP contribution in [0.4, 0.5) is 5.82 Å². The third kappa shape index (κ3) is 3.34. The molecule has 1 amide bonds. The van der Waals surface area contributed by atoms with E-state index in [4.69, 9.17) is 11.6 Å². The van der Waals surface area contributed by atoms with Gasteiger partial charge in [0, 0.05) is 19.7 Å². The number of halogens is 1. The Hall–Kier alpha value is -1.36. The fourth-order valence-corrected chi connectivity index (χ4v) is 1.51. The molecule has 0 saturated heterocycles. The number of aryl methyl sites for hydroxylation is 1. The summed E-state index contributed by atoms with van der Waals surface area (Å²) in [5.41, 5.74) is 0. The molecule has 16 heavy (non-hydrogen) atoms. The van der Waals surface area contributed by atoms with E-state index in [9.17, 15) is 4.79 Å². The van der Waals surface area contributed by atoms with Crippen LogP contribution in [-0.2, 0) is 4.79 Å². The maximum atomic E-state index is 11.3. The number of hydrogen-bond acceptors (Lipinski definition) is 4. The molecule has 0 aliphatic heterocycles. The van der Waals surface area contributed by atoms with Gasteiger partial charge in [0.05, 0.1) is 6.54 Å². The molecule has 0 fully saturated rings. The molecule has 0 saturated carbocycles. The van der Waals surface area contributed by atoms with Crippen molar-refractivity contribution in [3.05, 3.63) is 17.0 Å². The number of rotatable bonds is 4. The highest BCUT2D eigenvalue weighted by Crippen LogP contribution is 2.15. The molecule has 5 nitrogen and oxygen atoms in total. The molecule has 1 heterocycles. The Kier molecular flexibility index (Phi) is 4.49. The van der Waals surface area contributed by atoms with Crippen molar-refractivity contribution >= 4 is 23.3 Å². The summed E-state index contributed by atoms with van der Waals surface area (Å²) in [6.45, 7) is 4.66. The molecule has 0 aliphatic carbocycles. The lowest BCUT2D eigenvalue weighted by Gasteiger charge is -2.21. The van der Waals surface area contributed by atoms with Crippen molar-refractivity contribution in [1.29, 1.82) is 0 Å². The minimum Gasteiger partial charge on any atom is -0.358 e. The van der Waals surface area contributed by atoms with Crippen LogP contribution in [0.2, 0.25) is 5.15 Å². The predicted octanol–water partition coefficient (Wildman–Crippen LogP) is 1.01. The maximum absolute atomic E-state index is 11.3. The van der Waals surface area contributed by atoms with E-state index >= 15 is 0 Å². The SMILES string of the molecule is CCN(CC(=O)NC)c1cc(Cl)nc(C)n1. The second-order valence-corrected chi connectivity index (χ2v) is 3.67. The summed E-state index contributed by atoms with van der Waals surface area (Å²) in [6, 6.07) is 1.65. The van der Waals surface area contributed by atoms with Gasteiger partial charge in [-0.3, -0.25) is 4.79 Å². The van der Waals surface area contributed by atoms with Crippen molar-refractivity contribution < 1.29 is 4.79 Å². The topological polar surface area (TPSA) is 58.1 Å². The fraction of sp³-hybridized carbons (Fsp3) is 0.500. The van der Waals surface area contributed by atoms with Gasteiger partial charge in [-0.2, -0.15) is 0 Å². The number of nitrogens with zero attached hydrogens (tertiary/aromatic N) is 3. The molecule has 1 rings (SSSR count). The summed E-state index contributed by atoms with van der Waals surface area (Å²) in [7, 11) is 1.61. The first kappa shape index (κ1) is 12.7. The number of anilines is 1. The lowest BCUT2D eigenvalue weighted by atomic mass is 10.4. The third-order valence-electron chi connectivity index (χ3n) is 2.11. The molecule has 1 N–H and O–H groups in total. The third-order valence-corrected chi connectivity index (χ3v) is 2.31. The van der Waals surface area contributed by atoms with Gasteiger partial charge >= 0.3 is 0 Å². The van der Waals surface area contributed by atoms with Gasteiger partial charge in [0.1, 0.15) is 16.8 Å². The van der Waals surface area contributed by atoms with E-state index < -0.39 is 0 Å². The average Bonchev–Trinajstić information content (AvgIpc) is 2.24. The number of amides is 1. The van der Waals surface area contributed by atoms with Crippen LogP contribution >= 0.6 is 11.6 Å². The van der Waals surface area contributed by atoms with E-state index in [1.54, 1.807) is 20.0 Å². The Morgan fingerprint density at radius 1 is 1.56 bits per heavy atom. The Morgan fingerprint density at radius 3 is 2.75 bits per heavy atom. The second-order valence-electron chi connectivity index (χ2n) is 3.28. The number of aromatic nitrogens is 2. The van der Waals surface area contributed by atoms with E-state index in [0.717, 1.165) is 0 Å². The molecule has 0 radical (unpaired) electrons. The molecule has 1 aromatic rings. The molecular weight excluding hydrogens is 228 g/mol. The van der Waals surface area contributed by atoms with Crippen LogP contribution < -0.4 is 10.2 Å². The number of carbonyl (C=O) groups is 1. The highest BCUT2D eigenvalue weighted by Gasteiger charge is 2.11.